The molecule has 0 bridgehead atoms. The van der Waals surface area contributed by atoms with Crippen LogP contribution < -0.4 is 5.32 Å². The first-order chi connectivity index (χ1) is 7.34. The van der Waals surface area contributed by atoms with Crippen molar-refractivity contribution in [2.24, 2.45) is 0 Å². The molecule has 1 aliphatic rings. The first kappa shape index (κ1) is 13.2. The highest BCUT2D eigenvalue weighted by molar-refractivity contribution is 7.80. The van der Waals surface area contributed by atoms with Crippen LogP contribution in [0.3, 0.4) is 0 Å². The van der Waals surface area contributed by atoms with Crippen molar-refractivity contribution >= 4 is 17.3 Å². The van der Waals surface area contributed by atoms with Crippen LogP contribution >= 0.6 is 12.2 Å². The summed E-state index contributed by atoms with van der Waals surface area (Å²) < 4.78 is 0. The molecular formula is C9H18N4O2S. The molecule has 0 aromatic rings. The third-order valence-electron chi connectivity index (χ3n) is 2.39. The second-order valence-corrected chi connectivity index (χ2v) is 4.35. The van der Waals surface area contributed by atoms with Crippen molar-refractivity contribution in [1.82, 2.24) is 20.0 Å². The van der Waals surface area contributed by atoms with E-state index in [1.165, 1.54) is 4.90 Å². The Morgan fingerprint density at radius 3 is 2.50 bits per heavy atom. The lowest BCUT2D eigenvalue weighted by Crippen LogP contribution is -2.55. The summed E-state index contributed by atoms with van der Waals surface area (Å²) in [5.41, 5.74) is 0.536. The summed E-state index contributed by atoms with van der Waals surface area (Å²) in [7, 11) is 6.97. The van der Waals surface area contributed by atoms with Crippen LogP contribution in [0.4, 0.5) is 0 Å². The summed E-state index contributed by atoms with van der Waals surface area (Å²) >= 11 is 5.08. The minimum absolute atomic E-state index is 0.503. The van der Waals surface area contributed by atoms with Crippen LogP contribution in [0.25, 0.3) is 0 Å². The monoisotopic (exact) mass is 246 g/mol. The van der Waals surface area contributed by atoms with Gasteiger partial charge in [-0.15, -0.1) is 0 Å². The number of nitrogens with one attached hydrogen (secondary N) is 1. The lowest BCUT2D eigenvalue weighted by molar-refractivity contribution is -0.141. The van der Waals surface area contributed by atoms with Crippen molar-refractivity contribution in [3.05, 3.63) is 11.9 Å². The van der Waals surface area contributed by atoms with Gasteiger partial charge in [0.05, 0.1) is 5.70 Å². The van der Waals surface area contributed by atoms with Gasteiger partial charge in [0, 0.05) is 27.3 Å². The van der Waals surface area contributed by atoms with Crippen molar-refractivity contribution in [1.29, 1.82) is 0 Å². The van der Waals surface area contributed by atoms with Crippen LogP contribution in [0.1, 0.15) is 0 Å². The molecule has 0 aromatic carbocycles. The minimum Gasteiger partial charge on any atom is -0.372 e. The molecule has 6 nitrogen and oxygen atoms in total. The summed E-state index contributed by atoms with van der Waals surface area (Å²) in [5.74, 6) is 0. The van der Waals surface area contributed by atoms with Gasteiger partial charge in [0.25, 0.3) is 0 Å². The molecule has 7 heteroatoms. The van der Waals surface area contributed by atoms with Gasteiger partial charge in [0.1, 0.15) is 0 Å². The summed E-state index contributed by atoms with van der Waals surface area (Å²) in [6.45, 7) is 0. The Morgan fingerprint density at radius 1 is 1.44 bits per heavy atom. The number of likely N-dealkylation sites (N-methyl/N-ethyl adjacent to an activating group) is 1. The Morgan fingerprint density at radius 2 is 2.00 bits per heavy atom. The second kappa shape index (κ2) is 4.96. The highest BCUT2D eigenvalue weighted by Crippen LogP contribution is 2.15. The Bertz CT molecular complexity index is 308. The van der Waals surface area contributed by atoms with Crippen molar-refractivity contribution in [2.75, 3.05) is 28.2 Å². The fourth-order valence-corrected chi connectivity index (χ4v) is 1.44. The molecule has 0 fully saturated rings. The third-order valence-corrected chi connectivity index (χ3v) is 2.86. The lowest BCUT2D eigenvalue weighted by atomic mass is 10.3. The second-order valence-electron chi connectivity index (χ2n) is 3.96. The van der Waals surface area contributed by atoms with Crippen LogP contribution in [-0.4, -0.2) is 70.8 Å². The van der Waals surface area contributed by atoms with Gasteiger partial charge in [0.2, 0.25) is 0 Å². The molecule has 0 radical (unpaired) electrons. The first-order valence-corrected chi connectivity index (χ1v) is 5.25. The molecule has 0 saturated heterocycles. The van der Waals surface area contributed by atoms with E-state index in [9.17, 15) is 10.2 Å². The molecule has 0 aliphatic carbocycles. The molecule has 92 valence electrons. The molecule has 1 aliphatic heterocycles. The van der Waals surface area contributed by atoms with Crippen LogP contribution in [0.2, 0.25) is 0 Å². The van der Waals surface area contributed by atoms with Crippen LogP contribution in [-0.2, 0) is 0 Å². The van der Waals surface area contributed by atoms with Gasteiger partial charge >= 0.3 is 0 Å². The minimum atomic E-state index is -0.899. The molecule has 16 heavy (non-hydrogen) atoms. The van der Waals surface area contributed by atoms with Crippen molar-refractivity contribution in [3.8, 4) is 0 Å². The molecular weight excluding hydrogens is 228 g/mol. The van der Waals surface area contributed by atoms with Gasteiger partial charge in [-0.05, 0) is 19.3 Å². The Kier molecular flexibility index (Phi) is 4.09. The summed E-state index contributed by atoms with van der Waals surface area (Å²) in [4.78, 5) is 4.72. The molecule has 0 amide bonds. The van der Waals surface area contributed by atoms with Crippen LogP contribution in [0.15, 0.2) is 11.9 Å². The molecule has 0 saturated carbocycles. The molecule has 0 aromatic heterocycles. The van der Waals surface area contributed by atoms with E-state index in [1.54, 1.807) is 30.1 Å². The van der Waals surface area contributed by atoms with E-state index in [1.807, 2.05) is 14.1 Å². The molecule has 2 unspecified atom stereocenters. The van der Waals surface area contributed by atoms with E-state index >= 15 is 0 Å². The Labute approximate surface area is 101 Å². The molecule has 1 rings (SSSR count). The smallest absolute Gasteiger partial charge is 0.188 e. The zero-order valence-electron chi connectivity index (χ0n) is 9.88. The summed E-state index contributed by atoms with van der Waals surface area (Å²) in [5, 5.41) is 23.0. The number of thiocarbonyl (C=S) groups is 1. The topological polar surface area (TPSA) is 62.2 Å². The number of aliphatic hydroxyl groups is 2. The van der Waals surface area contributed by atoms with Gasteiger partial charge in [-0.3, -0.25) is 0 Å². The van der Waals surface area contributed by atoms with Crippen molar-refractivity contribution in [3.63, 3.8) is 0 Å². The maximum atomic E-state index is 9.89. The van der Waals surface area contributed by atoms with E-state index in [-0.39, 0.29) is 0 Å². The van der Waals surface area contributed by atoms with E-state index in [0.29, 0.717) is 10.8 Å². The predicted molar refractivity (Wildman–Crippen MR) is 65.0 cm³/mol. The average molecular weight is 246 g/mol. The fourth-order valence-electron chi connectivity index (χ4n) is 1.32. The predicted octanol–water partition coefficient (Wildman–Crippen LogP) is -1.26. The SMILES string of the molecule is CN(C)C(=S)NC1=CN(C)C(O)N(C)C1O. The largest absolute Gasteiger partial charge is 0.372 e. The van der Waals surface area contributed by atoms with E-state index < -0.39 is 12.6 Å². The zero-order valence-corrected chi connectivity index (χ0v) is 10.7. The highest BCUT2D eigenvalue weighted by Gasteiger charge is 2.30. The Hall–Kier alpha value is -0.890. The number of rotatable bonds is 1. The van der Waals surface area contributed by atoms with Gasteiger partial charge in [0.15, 0.2) is 17.7 Å². The van der Waals surface area contributed by atoms with Gasteiger partial charge < -0.3 is 25.3 Å². The van der Waals surface area contributed by atoms with Gasteiger partial charge in [-0.25, -0.2) is 4.90 Å². The summed E-state index contributed by atoms with van der Waals surface area (Å²) in [6, 6.07) is 0. The molecule has 3 N–H and O–H groups in total. The van der Waals surface area contributed by atoms with E-state index in [0.717, 1.165) is 0 Å². The number of nitrogens with zero attached hydrogens (tertiary/aromatic N) is 3. The normalized spacial score (nSPS) is 26.4. The standard InChI is InChI=1S/C9H18N4O2S/c1-11(2)8(16)10-6-5-12(3)9(15)13(4)7(6)14/h5,7,9,14-15H,1-4H3,(H,10,16). The molecule has 0 spiro atoms. The zero-order chi connectivity index (χ0) is 12.5. The number of aliphatic hydroxyl groups excluding tert-OH is 2. The van der Waals surface area contributed by atoms with Gasteiger partial charge in [-0.1, -0.05) is 0 Å². The average Bonchev–Trinajstić information content (AvgIpc) is 2.22. The fraction of sp³-hybridized carbons (Fsp3) is 0.667. The van der Waals surface area contributed by atoms with Crippen LogP contribution in [0, 0.1) is 0 Å². The van der Waals surface area contributed by atoms with E-state index in [2.05, 4.69) is 5.32 Å². The molecule has 1 heterocycles. The van der Waals surface area contributed by atoms with Crippen molar-refractivity contribution in [2.45, 2.75) is 12.6 Å². The maximum absolute atomic E-state index is 9.89. The first-order valence-electron chi connectivity index (χ1n) is 4.84. The third kappa shape index (κ3) is 2.62. The molecule has 2 atom stereocenters. The number of hydrogen-bond acceptors (Lipinski definition) is 5. The Balaban J connectivity index is 2.80. The van der Waals surface area contributed by atoms with Crippen molar-refractivity contribution < 1.29 is 10.2 Å². The maximum Gasteiger partial charge on any atom is 0.188 e. The number of hydrogen-bond donors (Lipinski definition) is 3. The van der Waals surface area contributed by atoms with Crippen LogP contribution in [0.5, 0.6) is 0 Å². The van der Waals surface area contributed by atoms with Gasteiger partial charge in [-0.2, -0.15) is 0 Å². The van der Waals surface area contributed by atoms with E-state index in [4.69, 9.17) is 12.2 Å². The summed E-state index contributed by atoms with van der Waals surface area (Å²) in [6.07, 6.45) is -0.108. The lowest BCUT2D eigenvalue weighted by Gasteiger charge is -2.39. The quantitative estimate of drug-likeness (QED) is 0.499. The highest BCUT2D eigenvalue weighted by atomic mass is 32.1.